The highest BCUT2D eigenvalue weighted by Crippen LogP contribution is 2.19. The van der Waals surface area contributed by atoms with Gasteiger partial charge in [0.2, 0.25) is 15.9 Å². The summed E-state index contributed by atoms with van der Waals surface area (Å²) in [5.74, 6) is -0.284. The van der Waals surface area contributed by atoms with Crippen LogP contribution in [0.4, 0.5) is 5.69 Å². The Kier molecular flexibility index (Phi) is 6.15. The summed E-state index contributed by atoms with van der Waals surface area (Å²) in [5, 5.41) is 9.60. The maximum atomic E-state index is 12.2. The summed E-state index contributed by atoms with van der Waals surface area (Å²) < 4.78 is 26.9. The van der Waals surface area contributed by atoms with Gasteiger partial charge in [-0.15, -0.1) is 0 Å². The number of carbonyl (C=O) groups excluding carboxylic acids is 1. The van der Waals surface area contributed by atoms with Crippen LogP contribution in [0, 0.1) is 11.3 Å². The van der Waals surface area contributed by atoms with Crippen molar-refractivity contribution >= 4 is 33.2 Å². The van der Waals surface area contributed by atoms with Crippen molar-refractivity contribution in [3.63, 3.8) is 0 Å². The number of hydrogen-bond donors (Lipinski definition) is 1. The smallest absolute Gasteiger partial charge is 0.240 e. The molecule has 0 spiro atoms. The molecule has 0 fully saturated rings. The standard InChI is InChI=1S/C17H16ClN3O3S/c1-13(22)21(17-5-3-2-4-14(17)12-19)11-10-20-25(23,24)16-8-6-15(18)7-9-16/h2-9,20H,10-11H2,1H3. The number of nitrogens with zero attached hydrogens (tertiary/aromatic N) is 2. The summed E-state index contributed by atoms with van der Waals surface area (Å²) in [7, 11) is -3.71. The number of anilines is 1. The molecule has 1 N–H and O–H groups in total. The Morgan fingerprint density at radius 1 is 1.20 bits per heavy atom. The number of nitrogens with one attached hydrogen (secondary N) is 1. The van der Waals surface area contributed by atoms with Crippen LogP contribution < -0.4 is 9.62 Å². The number of benzene rings is 2. The van der Waals surface area contributed by atoms with E-state index in [0.717, 1.165) is 0 Å². The van der Waals surface area contributed by atoms with Crippen LogP contribution in [0.2, 0.25) is 5.02 Å². The van der Waals surface area contributed by atoms with Gasteiger partial charge in [0.25, 0.3) is 0 Å². The zero-order chi connectivity index (χ0) is 18.4. The Bertz CT molecular complexity index is 905. The predicted molar refractivity (Wildman–Crippen MR) is 95.8 cm³/mol. The summed E-state index contributed by atoms with van der Waals surface area (Å²) in [5.41, 5.74) is 0.793. The molecule has 0 unspecified atom stereocenters. The first-order chi connectivity index (χ1) is 11.8. The monoisotopic (exact) mass is 377 g/mol. The molecule has 0 atom stereocenters. The second kappa shape index (κ2) is 8.12. The molecule has 1 amide bonds. The first kappa shape index (κ1) is 18.9. The number of carbonyl (C=O) groups is 1. The van der Waals surface area contributed by atoms with E-state index in [1.54, 1.807) is 24.3 Å². The van der Waals surface area contributed by atoms with Crippen LogP contribution in [0.5, 0.6) is 0 Å². The van der Waals surface area contributed by atoms with E-state index < -0.39 is 10.0 Å². The van der Waals surface area contributed by atoms with Crippen molar-refractivity contribution in [3.05, 3.63) is 59.1 Å². The summed E-state index contributed by atoms with van der Waals surface area (Å²) in [4.78, 5) is 13.4. The molecule has 0 aromatic heterocycles. The number of halogens is 1. The molecule has 0 radical (unpaired) electrons. The van der Waals surface area contributed by atoms with Gasteiger partial charge in [-0.2, -0.15) is 5.26 Å². The summed E-state index contributed by atoms with van der Waals surface area (Å²) >= 11 is 5.75. The van der Waals surface area contributed by atoms with E-state index in [2.05, 4.69) is 4.72 Å². The Morgan fingerprint density at radius 2 is 1.84 bits per heavy atom. The Balaban J connectivity index is 2.11. The van der Waals surface area contributed by atoms with E-state index in [9.17, 15) is 13.2 Å². The van der Waals surface area contributed by atoms with Gasteiger partial charge in [0, 0.05) is 25.0 Å². The van der Waals surface area contributed by atoms with Gasteiger partial charge >= 0.3 is 0 Å². The fourth-order valence-electron chi connectivity index (χ4n) is 2.24. The van der Waals surface area contributed by atoms with Crippen molar-refractivity contribution < 1.29 is 13.2 Å². The summed E-state index contributed by atoms with van der Waals surface area (Å²) in [6, 6.07) is 14.5. The predicted octanol–water partition coefficient (Wildman–Crippen LogP) is 2.54. The Hall–Kier alpha value is -2.40. The molecule has 2 aromatic rings. The van der Waals surface area contributed by atoms with Crippen molar-refractivity contribution in [2.75, 3.05) is 18.0 Å². The number of amides is 1. The highest BCUT2D eigenvalue weighted by atomic mass is 35.5. The molecule has 2 rings (SSSR count). The average molecular weight is 378 g/mol. The van der Waals surface area contributed by atoms with Crippen molar-refractivity contribution in [2.24, 2.45) is 0 Å². The van der Waals surface area contributed by atoms with Gasteiger partial charge in [-0.05, 0) is 36.4 Å². The molecule has 0 saturated carbocycles. The van der Waals surface area contributed by atoms with Crippen LogP contribution in [-0.2, 0) is 14.8 Å². The van der Waals surface area contributed by atoms with Gasteiger partial charge in [0.1, 0.15) is 6.07 Å². The maximum absolute atomic E-state index is 12.2. The number of para-hydroxylation sites is 1. The SMILES string of the molecule is CC(=O)N(CCNS(=O)(=O)c1ccc(Cl)cc1)c1ccccc1C#N. The van der Waals surface area contributed by atoms with Crippen LogP contribution in [-0.4, -0.2) is 27.4 Å². The van der Waals surface area contributed by atoms with Crippen LogP contribution in [0.3, 0.4) is 0 Å². The molecule has 0 bridgehead atoms. The highest BCUT2D eigenvalue weighted by Gasteiger charge is 2.17. The maximum Gasteiger partial charge on any atom is 0.240 e. The second-order valence-corrected chi connectivity index (χ2v) is 7.35. The second-order valence-electron chi connectivity index (χ2n) is 5.15. The highest BCUT2D eigenvalue weighted by molar-refractivity contribution is 7.89. The van der Waals surface area contributed by atoms with E-state index in [1.807, 2.05) is 6.07 Å². The molecule has 130 valence electrons. The summed E-state index contributed by atoms with van der Waals surface area (Å²) in [6.07, 6.45) is 0. The molecule has 6 nitrogen and oxygen atoms in total. The zero-order valence-electron chi connectivity index (χ0n) is 13.4. The molecule has 8 heteroatoms. The van der Waals surface area contributed by atoms with Gasteiger partial charge in [0.05, 0.1) is 16.1 Å². The minimum absolute atomic E-state index is 0.00427. The lowest BCUT2D eigenvalue weighted by Gasteiger charge is -2.22. The topological polar surface area (TPSA) is 90.3 Å². The van der Waals surface area contributed by atoms with Crippen LogP contribution >= 0.6 is 11.6 Å². The molecular weight excluding hydrogens is 362 g/mol. The van der Waals surface area contributed by atoms with Crippen LogP contribution in [0.15, 0.2) is 53.4 Å². The van der Waals surface area contributed by atoms with E-state index >= 15 is 0 Å². The van der Waals surface area contributed by atoms with E-state index in [4.69, 9.17) is 16.9 Å². The normalized spacial score (nSPS) is 10.9. The van der Waals surface area contributed by atoms with Gasteiger partial charge in [-0.3, -0.25) is 4.79 Å². The number of nitriles is 1. The molecule has 0 aliphatic heterocycles. The fraction of sp³-hybridized carbons (Fsp3) is 0.176. The average Bonchev–Trinajstić information content (AvgIpc) is 2.59. The molecule has 25 heavy (non-hydrogen) atoms. The van der Waals surface area contributed by atoms with Crippen molar-refractivity contribution in [3.8, 4) is 6.07 Å². The minimum atomic E-state index is -3.71. The lowest BCUT2D eigenvalue weighted by molar-refractivity contribution is -0.116. The molecule has 0 saturated heterocycles. The first-order valence-corrected chi connectivity index (χ1v) is 9.24. The van der Waals surface area contributed by atoms with E-state index in [1.165, 1.54) is 36.1 Å². The van der Waals surface area contributed by atoms with Crippen molar-refractivity contribution in [1.82, 2.24) is 4.72 Å². The Morgan fingerprint density at radius 3 is 2.44 bits per heavy atom. The molecule has 0 heterocycles. The quantitative estimate of drug-likeness (QED) is 0.837. The zero-order valence-corrected chi connectivity index (χ0v) is 15.0. The van der Waals surface area contributed by atoms with Gasteiger partial charge < -0.3 is 4.90 Å². The lowest BCUT2D eigenvalue weighted by atomic mass is 10.1. The van der Waals surface area contributed by atoms with Crippen molar-refractivity contribution in [1.29, 1.82) is 5.26 Å². The number of sulfonamides is 1. The first-order valence-electron chi connectivity index (χ1n) is 7.37. The minimum Gasteiger partial charge on any atom is -0.310 e. The molecular formula is C17H16ClN3O3S. The van der Waals surface area contributed by atoms with E-state index in [0.29, 0.717) is 16.3 Å². The van der Waals surface area contributed by atoms with Crippen molar-refractivity contribution in [2.45, 2.75) is 11.8 Å². The van der Waals surface area contributed by atoms with Crippen LogP contribution in [0.25, 0.3) is 0 Å². The molecule has 0 aliphatic rings. The van der Waals surface area contributed by atoms with E-state index in [-0.39, 0.29) is 23.9 Å². The van der Waals surface area contributed by atoms with Crippen LogP contribution in [0.1, 0.15) is 12.5 Å². The number of rotatable bonds is 6. The molecule has 2 aromatic carbocycles. The van der Waals surface area contributed by atoms with Gasteiger partial charge in [-0.1, -0.05) is 23.7 Å². The lowest BCUT2D eigenvalue weighted by Crippen LogP contribution is -2.37. The largest absolute Gasteiger partial charge is 0.310 e. The Labute approximate surface area is 151 Å². The third-order valence-electron chi connectivity index (χ3n) is 3.45. The fourth-order valence-corrected chi connectivity index (χ4v) is 3.39. The third-order valence-corrected chi connectivity index (χ3v) is 5.18. The summed E-state index contributed by atoms with van der Waals surface area (Å²) in [6.45, 7) is 1.47. The third kappa shape index (κ3) is 4.79. The van der Waals surface area contributed by atoms with Gasteiger partial charge in [0.15, 0.2) is 0 Å². The number of hydrogen-bond acceptors (Lipinski definition) is 4. The van der Waals surface area contributed by atoms with Gasteiger partial charge in [-0.25, -0.2) is 13.1 Å². The molecule has 0 aliphatic carbocycles.